The predicted octanol–water partition coefficient (Wildman–Crippen LogP) is -0.0512. The van der Waals surface area contributed by atoms with Crippen LogP contribution in [0.3, 0.4) is 0 Å². The fourth-order valence-corrected chi connectivity index (χ4v) is 0.377. The van der Waals surface area contributed by atoms with E-state index in [4.69, 9.17) is 19.1 Å². The fourth-order valence-electron chi connectivity index (χ4n) is 0.377. The van der Waals surface area contributed by atoms with Crippen molar-refractivity contribution in [2.24, 2.45) is 0 Å². The number of unbranched alkanes of at least 4 members (excludes halogenated alkanes) is 1. The molecule has 0 unspecified atom stereocenters. The number of ether oxygens (including phenoxy) is 1. The van der Waals surface area contributed by atoms with Crippen LogP contribution in [0.1, 0.15) is 6.92 Å². The molecule has 1 N–H and O–H groups in total. The van der Waals surface area contributed by atoms with Crippen LogP contribution in [0.4, 0.5) is 0 Å². The van der Waals surface area contributed by atoms with Crippen molar-refractivity contribution in [2.45, 2.75) is 13.0 Å². The largest absolute Gasteiger partial charge is 2.00 e. The predicted molar refractivity (Wildman–Crippen MR) is 48.0 cm³/mol. The van der Waals surface area contributed by atoms with Crippen molar-refractivity contribution in [3.05, 3.63) is 39.2 Å². The minimum absolute atomic E-state index is 0. The Bertz CT molecular complexity index is 161. The molecular weight excluding hydrogens is 272 g/mol. The molecule has 6 nitrogen and oxygen atoms in total. The third kappa shape index (κ3) is 69.1. The summed E-state index contributed by atoms with van der Waals surface area (Å²) in [6, 6.07) is 0. The Hall–Kier alpha value is -0.831. The van der Waals surface area contributed by atoms with Crippen molar-refractivity contribution >= 4 is 6.47 Å². The molecule has 0 rings (SSSR count). The third-order valence-corrected chi connectivity index (χ3v) is 0.764. The maximum Gasteiger partial charge on any atom is 2.00 e. The van der Waals surface area contributed by atoms with Crippen LogP contribution in [0, 0.1) is 39.2 Å². The SMILES string of the molecule is C[C@H](O)[CH][CH][CH]CO[C-]=O.[C-]#[O+].[C-]#[O+].[C-]#[O+].[Fe+2]. The second-order valence-corrected chi connectivity index (χ2v) is 1.76. The molecule has 0 amide bonds. The first kappa shape index (κ1) is 29.8. The Morgan fingerprint density at radius 1 is 1.29 bits per heavy atom. The molecule has 0 aromatic carbocycles. The van der Waals surface area contributed by atoms with E-state index in [0.717, 1.165) is 0 Å². The van der Waals surface area contributed by atoms with Gasteiger partial charge in [-0.15, -0.1) is 0 Å². The molecule has 0 aromatic rings. The zero-order valence-corrected chi connectivity index (χ0v) is 9.96. The van der Waals surface area contributed by atoms with E-state index in [0.29, 0.717) is 0 Å². The molecule has 0 aliphatic carbocycles. The molecule has 1 atom stereocenters. The van der Waals surface area contributed by atoms with Gasteiger partial charge in [0.25, 0.3) is 0 Å². The minimum Gasteiger partial charge on any atom is 2.00 e. The van der Waals surface area contributed by atoms with Crippen molar-refractivity contribution in [1.82, 2.24) is 0 Å². The van der Waals surface area contributed by atoms with Crippen molar-refractivity contribution in [2.75, 3.05) is 6.61 Å². The van der Waals surface area contributed by atoms with Gasteiger partial charge in [0.2, 0.25) is 0 Å². The second-order valence-electron chi connectivity index (χ2n) is 1.76. The quantitative estimate of drug-likeness (QED) is 0.319. The van der Waals surface area contributed by atoms with Crippen molar-refractivity contribution in [3.63, 3.8) is 0 Å². The van der Waals surface area contributed by atoms with Crippen LogP contribution < -0.4 is 0 Å². The van der Waals surface area contributed by atoms with E-state index in [1.54, 1.807) is 26.2 Å². The first-order valence-corrected chi connectivity index (χ1v) is 3.55. The molecular formula is C10H10FeO6+. The van der Waals surface area contributed by atoms with Gasteiger partial charge < -0.3 is 14.6 Å². The van der Waals surface area contributed by atoms with Gasteiger partial charge >= 0.3 is 51.0 Å². The molecule has 0 aliphatic rings. The van der Waals surface area contributed by atoms with E-state index in [9.17, 15) is 4.79 Å². The smallest absolute Gasteiger partial charge is 2.00 e. The second kappa shape index (κ2) is 45.6. The number of rotatable bonds is 6. The van der Waals surface area contributed by atoms with Crippen molar-refractivity contribution in [3.8, 4) is 0 Å². The Kier molecular flexibility index (Phi) is 80.1. The number of hydrogen-bond acceptors (Lipinski definition) is 3. The zero-order valence-electron chi connectivity index (χ0n) is 8.86. The fraction of sp³-hybridized carbons (Fsp3) is 0.300. The molecule has 17 heavy (non-hydrogen) atoms. The summed E-state index contributed by atoms with van der Waals surface area (Å²) in [6.45, 7) is 16.6. The Balaban J connectivity index is -0.0000000594. The molecule has 0 spiro atoms. The normalized spacial score (nSPS) is 7.76. The summed E-state index contributed by atoms with van der Waals surface area (Å²) in [5.41, 5.74) is 0. The van der Waals surface area contributed by atoms with E-state index in [-0.39, 0.29) is 23.7 Å². The van der Waals surface area contributed by atoms with E-state index in [1.807, 2.05) is 0 Å². The summed E-state index contributed by atoms with van der Waals surface area (Å²) in [7, 11) is 0. The van der Waals surface area contributed by atoms with E-state index in [2.05, 4.69) is 24.7 Å². The average molecular weight is 282 g/mol. The summed E-state index contributed by atoms with van der Waals surface area (Å²) in [6.07, 6.45) is 4.35. The van der Waals surface area contributed by atoms with Crippen LogP contribution in [-0.2, 0) is 40.6 Å². The molecule has 0 aliphatic heterocycles. The number of carbonyl (C=O) groups excluding carboxylic acids is 1. The molecule has 0 heterocycles. The molecule has 93 valence electrons. The monoisotopic (exact) mass is 282 g/mol. The first-order chi connectivity index (χ1) is 7.77. The Morgan fingerprint density at radius 3 is 2.00 bits per heavy atom. The molecule has 0 saturated heterocycles. The summed E-state index contributed by atoms with van der Waals surface area (Å²) >= 11 is 0. The van der Waals surface area contributed by atoms with Gasteiger partial charge in [0.1, 0.15) is 0 Å². The summed E-state index contributed by atoms with van der Waals surface area (Å²) in [4.78, 5) is 9.46. The standard InChI is InChI=1S/C7H10O3.3CO.Fe/c1-7(9)4-2-3-5-10-6-8;3*1-2;/h2-4,7,9H,5H2,1H3;;;;/q-1;;;;+2/t7-;;;;/m0..../s1. The Morgan fingerprint density at radius 2 is 1.71 bits per heavy atom. The molecule has 0 saturated carbocycles. The van der Waals surface area contributed by atoms with Crippen molar-refractivity contribution < 1.29 is 45.7 Å². The first-order valence-electron chi connectivity index (χ1n) is 3.55. The maximum absolute atomic E-state index is 9.46. The van der Waals surface area contributed by atoms with Crippen molar-refractivity contribution in [1.29, 1.82) is 0 Å². The zero-order chi connectivity index (χ0) is 13.8. The summed E-state index contributed by atoms with van der Waals surface area (Å²) in [5.74, 6) is 0. The van der Waals surface area contributed by atoms with Crippen LogP contribution in [0.15, 0.2) is 0 Å². The molecule has 0 bridgehead atoms. The number of aliphatic hydroxyl groups excluding tert-OH is 1. The summed E-state index contributed by atoms with van der Waals surface area (Å²) in [5, 5.41) is 8.68. The van der Waals surface area contributed by atoms with Crippen LogP contribution in [0.5, 0.6) is 0 Å². The van der Waals surface area contributed by atoms with Gasteiger partial charge in [0, 0.05) is 0 Å². The van der Waals surface area contributed by atoms with Crippen LogP contribution in [-0.4, -0.2) is 24.3 Å². The number of hydrogen-bond donors (Lipinski definition) is 1. The number of aliphatic hydroxyl groups is 1. The maximum atomic E-state index is 9.46. The summed E-state index contributed by atoms with van der Waals surface area (Å²) < 4.78 is 26.7. The van der Waals surface area contributed by atoms with Gasteiger partial charge in [-0.25, -0.2) is 0 Å². The van der Waals surface area contributed by atoms with Crippen LogP contribution in [0.2, 0.25) is 0 Å². The van der Waals surface area contributed by atoms with Gasteiger partial charge in [-0.2, -0.15) is 0 Å². The van der Waals surface area contributed by atoms with E-state index < -0.39 is 6.10 Å². The molecule has 7 heteroatoms. The van der Waals surface area contributed by atoms with Crippen LogP contribution in [0.25, 0.3) is 0 Å². The van der Waals surface area contributed by atoms with Gasteiger partial charge in [-0.3, -0.25) is 0 Å². The average Bonchev–Trinajstić information content (AvgIpc) is 2.36. The van der Waals surface area contributed by atoms with Gasteiger partial charge in [-0.1, -0.05) is 6.47 Å². The molecule has 0 aromatic heterocycles. The Labute approximate surface area is 111 Å². The van der Waals surface area contributed by atoms with Crippen LogP contribution >= 0.6 is 0 Å². The van der Waals surface area contributed by atoms with Gasteiger partial charge in [0.15, 0.2) is 0 Å². The van der Waals surface area contributed by atoms with Gasteiger partial charge in [-0.05, 0) is 26.2 Å². The molecule has 0 fully saturated rings. The van der Waals surface area contributed by atoms with E-state index >= 15 is 0 Å². The van der Waals surface area contributed by atoms with E-state index in [1.165, 1.54) is 6.47 Å². The third-order valence-electron chi connectivity index (χ3n) is 0.764. The minimum atomic E-state index is -0.462. The van der Waals surface area contributed by atoms with Gasteiger partial charge in [0.05, 0.1) is 12.7 Å². The molecule has 3 radical (unpaired) electrons. The topological polar surface area (TPSA) is 106 Å².